The summed E-state index contributed by atoms with van der Waals surface area (Å²) in [4.78, 5) is 25.0. The van der Waals surface area contributed by atoms with E-state index in [1.165, 1.54) is 25.3 Å². The zero-order valence-electron chi connectivity index (χ0n) is 11.8. The number of aryl methyl sites for hydroxylation is 1. The number of aromatic hydroxyl groups is 2. The molecule has 22 heavy (non-hydrogen) atoms. The first-order valence-corrected chi connectivity index (χ1v) is 6.44. The van der Waals surface area contributed by atoms with Gasteiger partial charge in [-0.2, -0.15) is 0 Å². The van der Waals surface area contributed by atoms with Gasteiger partial charge in [0.2, 0.25) is 5.43 Å². The molecule has 0 radical (unpaired) electrons. The minimum atomic E-state index is -0.804. The predicted octanol–water partition coefficient (Wildman–Crippen LogP) is 2.03. The predicted molar refractivity (Wildman–Crippen MR) is 80.9 cm³/mol. The number of benzene rings is 2. The molecule has 0 fully saturated rings. The molecule has 0 aliphatic carbocycles. The van der Waals surface area contributed by atoms with Crippen LogP contribution in [0.3, 0.4) is 0 Å². The minimum absolute atomic E-state index is 0.0229. The van der Waals surface area contributed by atoms with Crippen molar-refractivity contribution in [2.45, 2.75) is 6.92 Å². The average molecular weight is 300 g/mol. The highest BCUT2D eigenvalue weighted by molar-refractivity contribution is 5.96. The monoisotopic (exact) mass is 300 g/mol. The SMILES string of the molecule is COc1cc(O)cc2c(=O)oc3cc(C)cc(O)c3c(=O)c12. The molecule has 1 aromatic heterocycles. The molecule has 0 spiro atoms. The van der Waals surface area contributed by atoms with E-state index in [1.54, 1.807) is 6.92 Å². The summed E-state index contributed by atoms with van der Waals surface area (Å²) in [5, 5.41) is 19.4. The Morgan fingerprint density at radius 3 is 2.45 bits per heavy atom. The van der Waals surface area contributed by atoms with E-state index in [0.717, 1.165) is 6.07 Å². The van der Waals surface area contributed by atoms with Crippen molar-refractivity contribution >= 4 is 21.7 Å². The van der Waals surface area contributed by atoms with Gasteiger partial charge in [-0.1, -0.05) is 0 Å². The quantitative estimate of drug-likeness (QED) is 0.713. The third-order valence-corrected chi connectivity index (χ3v) is 3.41. The number of phenols is 2. The fourth-order valence-electron chi connectivity index (χ4n) is 2.48. The second kappa shape index (κ2) is 4.77. The molecule has 2 N–H and O–H groups in total. The maximum Gasteiger partial charge on any atom is 0.344 e. The summed E-state index contributed by atoms with van der Waals surface area (Å²) in [6, 6.07) is 5.25. The lowest BCUT2D eigenvalue weighted by Crippen LogP contribution is -2.03. The zero-order valence-corrected chi connectivity index (χ0v) is 11.8. The van der Waals surface area contributed by atoms with E-state index in [0.29, 0.717) is 5.56 Å². The van der Waals surface area contributed by atoms with E-state index >= 15 is 0 Å². The van der Waals surface area contributed by atoms with Gasteiger partial charge in [-0.3, -0.25) is 4.79 Å². The van der Waals surface area contributed by atoms with Crippen LogP contribution in [0.5, 0.6) is 17.2 Å². The lowest BCUT2D eigenvalue weighted by Gasteiger charge is -2.02. The number of rotatable bonds is 1. The van der Waals surface area contributed by atoms with Crippen molar-refractivity contribution in [3.05, 3.63) is 50.5 Å². The van der Waals surface area contributed by atoms with E-state index in [1.807, 2.05) is 0 Å². The second-order valence-electron chi connectivity index (χ2n) is 4.95. The van der Waals surface area contributed by atoms with Gasteiger partial charge in [0.05, 0.1) is 17.9 Å². The summed E-state index contributed by atoms with van der Waals surface area (Å²) < 4.78 is 10.3. The Labute approximate surface area is 123 Å². The summed E-state index contributed by atoms with van der Waals surface area (Å²) >= 11 is 0. The highest BCUT2D eigenvalue weighted by Gasteiger charge is 2.16. The van der Waals surface area contributed by atoms with Gasteiger partial charge in [-0.15, -0.1) is 0 Å². The van der Waals surface area contributed by atoms with Crippen molar-refractivity contribution in [2.24, 2.45) is 0 Å². The van der Waals surface area contributed by atoms with Gasteiger partial charge in [-0.05, 0) is 30.7 Å². The molecule has 2 aromatic carbocycles. The van der Waals surface area contributed by atoms with Crippen LogP contribution in [-0.4, -0.2) is 17.3 Å². The van der Waals surface area contributed by atoms with Crippen molar-refractivity contribution in [3.63, 3.8) is 0 Å². The van der Waals surface area contributed by atoms with Crippen LogP contribution in [0.15, 0.2) is 38.3 Å². The molecular formula is C16H12O6. The van der Waals surface area contributed by atoms with E-state index in [4.69, 9.17) is 9.15 Å². The van der Waals surface area contributed by atoms with Crippen LogP contribution in [0.4, 0.5) is 0 Å². The molecule has 0 bridgehead atoms. The minimum Gasteiger partial charge on any atom is -0.508 e. The molecule has 0 amide bonds. The van der Waals surface area contributed by atoms with Gasteiger partial charge >= 0.3 is 5.63 Å². The third-order valence-electron chi connectivity index (χ3n) is 3.41. The van der Waals surface area contributed by atoms with Crippen LogP contribution >= 0.6 is 0 Å². The Bertz CT molecular complexity index is 1030. The Hall–Kier alpha value is -3.02. The first-order valence-electron chi connectivity index (χ1n) is 6.44. The van der Waals surface area contributed by atoms with Gasteiger partial charge in [0.15, 0.2) is 0 Å². The molecule has 0 unspecified atom stereocenters. The molecule has 3 aromatic rings. The molecule has 6 nitrogen and oxygen atoms in total. The summed E-state index contributed by atoms with van der Waals surface area (Å²) in [5.41, 5.74) is -0.797. The standard InChI is InChI=1S/C16H12O6/c1-7-3-10(18)14-12(4-7)22-16(20)9-5-8(17)6-11(21-2)13(9)15(14)19/h3-6,17-18H,1-2H3. The number of hydrogen-bond acceptors (Lipinski definition) is 6. The lowest BCUT2D eigenvalue weighted by atomic mass is 10.1. The van der Waals surface area contributed by atoms with Crippen LogP contribution < -0.4 is 15.8 Å². The van der Waals surface area contributed by atoms with Crippen LogP contribution in [0.1, 0.15) is 5.56 Å². The number of methoxy groups -OCH3 is 1. The first kappa shape index (κ1) is 13.9. The van der Waals surface area contributed by atoms with Crippen molar-refractivity contribution in [3.8, 4) is 17.2 Å². The Morgan fingerprint density at radius 1 is 1.05 bits per heavy atom. The number of hydrogen-bond donors (Lipinski definition) is 2. The average Bonchev–Trinajstić information content (AvgIpc) is 2.54. The lowest BCUT2D eigenvalue weighted by molar-refractivity contribution is 0.412. The molecule has 3 rings (SSSR count). The van der Waals surface area contributed by atoms with Crippen molar-refractivity contribution in [1.29, 1.82) is 0 Å². The molecule has 0 aliphatic rings. The number of fused-ring (bicyclic) bond motifs is 2. The first-order chi connectivity index (χ1) is 10.4. The molecule has 1 heterocycles. The van der Waals surface area contributed by atoms with E-state index in [2.05, 4.69) is 0 Å². The maximum absolute atomic E-state index is 12.7. The fraction of sp³-hybridized carbons (Fsp3) is 0.125. The van der Waals surface area contributed by atoms with Gasteiger partial charge in [0.1, 0.15) is 28.2 Å². The summed E-state index contributed by atoms with van der Waals surface area (Å²) in [5.74, 6) is -0.479. The van der Waals surface area contributed by atoms with Gasteiger partial charge in [-0.25, -0.2) is 4.79 Å². The zero-order chi connectivity index (χ0) is 16.0. The smallest absolute Gasteiger partial charge is 0.344 e. The van der Waals surface area contributed by atoms with E-state index in [9.17, 15) is 19.8 Å². The van der Waals surface area contributed by atoms with Crippen molar-refractivity contribution in [1.82, 2.24) is 0 Å². The van der Waals surface area contributed by atoms with Gasteiger partial charge in [0.25, 0.3) is 0 Å². The highest BCUT2D eigenvalue weighted by atomic mass is 16.5. The summed E-state index contributed by atoms with van der Waals surface area (Å²) in [6.07, 6.45) is 0. The third kappa shape index (κ3) is 1.96. The molecule has 0 aliphatic heterocycles. The molecular weight excluding hydrogens is 288 g/mol. The topological polar surface area (TPSA) is 97.0 Å². The number of phenolic OH excluding ortho intramolecular Hbond substituents is 2. The maximum atomic E-state index is 12.7. The van der Waals surface area contributed by atoms with Crippen LogP contribution in [-0.2, 0) is 0 Å². The van der Waals surface area contributed by atoms with Crippen molar-refractivity contribution < 1.29 is 19.4 Å². The molecule has 0 saturated heterocycles. The van der Waals surface area contributed by atoms with Crippen LogP contribution in [0, 0.1) is 6.92 Å². The molecule has 6 heteroatoms. The Kier molecular flexibility index (Phi) is 3.02. The van der Waals surface area contributed by atoms with E-state index < -0.39 is 11.1 Å². The number of ether oxygens (including phenoxy) is 1. The fourth-order valence-corrected chi connectivity index (χ4v) is 2.48. The van der Waals surface area contributed by atoms with Crippen molar-refractivity contribution in [2.75, 3.05) is 7.11 Å². The molecule has 112 valence electrons. The van der Waals surface area contributed by atoms with E-state index in [-0.39, 0.29) is 39.0 Å². The Morgan fingerprint density at radius 2 is 1.77 bits per heavy atom. The van der Waals surface area contributed by atoms with Crippen LogP contribution in [0.2, 0.25) is 0 Å². The van der Waals surface area contributed by atoms with Crippen LogP contribution in [0.25, 0.3) is 21.7 Å². The molecule has 0 atom stereocenters. The Balaban J connectivity index is 2.76. The van der Waals surface area contributed by atoms with Gasteiger partial charge < -0.3 is 19.4 Å². The van der Waals surface area contributed by atoms with Gasteiger partial charge in [0, 0.05) is 6.07 Å². The second-order valence-corrected chi connectivity index (χ2v) is 4.95. The highest BCUT2D eigenvalue weighted by Crippen LogP contribution is 2.29. The molecule has 0 saturated carbocycles. The largest absolute Gasteiger partial charge is 0.508 e. The summed E-state index contributed by atoms with van der Waals surface area (Å²) in [6.45, 7) is 1.70. The normalized spacial score (nSPS) is 11.0. The summed E-state index contributed by atoms with van der Waals surface area (Å²) in [7, 11) is 1.31.